The highest BCUT2D eigenvalue weighted by atomic mass is 35.5. The summed E-state index contributed by atoms with van der Waals surface area (Å²) in [4.78, 5) is 26.5. The van der Waals surface area contributed by atoms with Crippen LogP contribution in [0.3, 0.4) is 0 Å². The number of aromatic nitrogens is 3. The van der Waals surface area contributed by atoms with Crippen LogP contribution in [-0.2, 0) is 16.0 Å². The van der Waals surface area contributed by atoms with E-state index in [1.54, 1.807) is 12.4 Å². The van der Waals surface area contributed by atoms with Crippen LogP contribution in [0.25, 0.3) is 22.2 Å². The molecule has 0 saturated carbocycles. The van der Waals surface area contributed by atoms with Crippen LogP contribution in [0.5, 0.6) is 0 Å². The standard InChI is InChI=1S/C20H19ClN4O2/c21-19-14-1-4-22-20(14)24-10-15(19)13-7-17-16(23-9-13)8-18(26)25(17)11-12-2-5-27-6-3-12/h1,4,7,9-10,12H,2-3,5-6,8,11H2,(H,22,24). The molecule has 0 aromatic carbocycles. The molecule has 1 fully saturated rings. The minimum absolute atomic E-state index is 0.117. The van der Waals surface area contributed by atoms with E-state index < -0.39 is 0 Å². The Morgan fingerprint density at radius 1 is 1.26 bits per heavy atom. The van der Waals surface area contributed by atoms with Crippen molar-refractivity contribution in [2.75, 3.05) is 24.7 Å². The molecule has 5 heterocycles. The molecule has 0 radical (unpaired) electrons. The van der Waals surface area contributed by atoms with Gasteiger partial charge in [-0.15, -0.1) is 0 Å². The van der Waals surface area contributed by atoms with Crippen molar-refractivity contribution in [3.63, 3.8) is 0 Å². The number of carbonyl (C=O) groups is 1. The Morgan fingerprint density at radius 3 is 2.96 bits per heavy atom. The zero-order valence-electron chi connectivity index (χ0n) is 14.7. The number of anilines is 1. The van der Waals surface area contributed by atoms with E-state index >= 15 is 0 Å². The lowest BCUT2D eigenvalue weighted by Gasteiger charge is -2.27. The van der Waals surface area contributed by atoms with Gasteiger partial charge in [0.1, 0.15) is 5.65 Å². The summed E-state index contributed by atoms with van der Waals surface area (Å²) in [5.41, 5.74) is 4.19. The van der Waals surface area contributed by atoms with Crippen LogP contribution >= 0.6 is 11.6 Å². The van der Waals surface area contributed by atoms with Gasteiger partial charge in [-0.3, -0.25) is 9.78 Å². The summed E-state index contributed by atoms with van der Waals surface area (Å²) < 4.78 is 5.44. The molecule has 1 N–H and O–H groups in total. The highest BCUT2D eigenvalue weighted by Crippen LogP contribution is 2.37. The van der Waals surface area contributed by atoms with Gasteiger partial charge >= 0.3 is 0 Å². The fourth-order valence-electron chi connectivity index (χ4n) is 3.94. The minimum atomic E-state index is 0.117. The highest BCUT2D eigenvalue weighted by molar-refractivity contribution is 6.38. The zero-order chi connectivity index (χ0) is 18.4. The van der Waals surface area contributed by atoms with E-state index in [4.69, 9.17) is 16.3 Å². The minimum Gasteiger partial charge on any atom is -0.381 e. The maximum atomic E-state index is 12.6. The predicted octanol–water partition coefficient (Wildman–Crippen LogP) is 3.59. The van der Waals surface area contributed by atoms with Gasteiger partial charge in [-0.05, 0) is 30.9 Å². The van der Waals surface area contributed by atoms with E-state index in [0.717, 1.165) is 66.1 Å². The summed E-state index contributed by atoms with van der Waals surface area (Å²) >= 11 is 6.61. The van der Waals surface area contributed by atoms with Crippen molar-refractivity contribution in [3.8, 4) is 11.1 Å². The Labute approximate surface area is 161 Å². The number of H-pyrrole nitrogens is 1. The van der Waals surface area contributed by atoms with E-state index in [9.17, 15) is 4.79 Å². The molecule has 3 aromatic heterocycles. The first-order valence-corrected chi connectivity index (χ1v) is 9.57. The van der Waals surface area contributed by atoms with Crippen LogP contribution in [0.2, 0.25) is 5.02 Å². The van der Waals surface area contributed by atoms with Gasteiger partial charge in [0.15, 0.2) is 0 Å². The van der Waals surface area contributed by atoms with Crippen molar-refractivity contribution >= 4 is 34.2 Å². The average molecular weight is 383 g/mol. The van der Waals surface area contributed by atoms with E-state index in [1.807, 2.05) is 23.2 Å². The Bertz CT molecular complexity index is 1030. The first-order valence-electron chi connectivity index (χ1n) is 9.19. The van der Waals surface area contributed by atoms with Gasteiger partial charge in [-0.1, -0.05) is 11.6 Å². The van der Waals surface area contributed by atoms with Crippen molar-refractivity contribution in [3.05, 3.63) is 41.4 Å². The van der Waals surface area contributed by atoms with Crippen LogP contribution < -0.4 is 4.90 Å². The highest BCUT2D eigenvalue weighted by Gasteiger charge is 2.31. The third-order valence-corrected chi connectivity index (χ3v) is 5.88. The summed E-state index contributed by atoms with van der Waals surface area (Å²) in [5.74, 6) is 0.588. The maximum absolute atomic E-state index is 12.6. The molecular formula is C20H19ClN4O2. The van der Waals surface area contributed by atoms with Crippen LogP contribution in [0.15, 0.2) is 30.7 Å². The summed E-state index contributed by atoms with van der Waals surface area (Å²) in [6.45, 7) is 2.27. The quantitative estimate of drug-likeness (QED) is 0.751. The van der Waals surface area contributed by atoms with E-state index in [-0.39, 0.29) is 5.91 Å². The molecule has 0 atom stereocenters. The van der Waals surface area contributed by atoms with Crippen molar-refractivity contribution in [2.24, 2.45) is 5.92 Å². The van der Waals surface area contributed by atoms with Crippen molar-refractivity contribution in [1.82, 2.24) is 15.0 Å². The molecule has 3 aromatic rings. The third-order valence-electron chi connectivity index (χ3n) is 5.47. The first-order chi connectivity index (χ1) is 13.2. The lowest BCUT2D eigenvalue weighted by Crippen LogP contribution is -2.34. The molecule has 2 aliphatic heterocycles. The van der Waals surface area contributed by atoms with Crippen molar-refractivity contribution in [2.45, 2.75) is 19.3 Å². The average Bonchev–Trinajstić information content (AvgIpc) is 3.28. The number of fused-ring (bicyclic) bond motifs is 2. The Balaban J connectivity index is 1.51. The topological polar surface area (TPSA) is 71.1 Å². The monoisotopic (exact) mass is 382 g/mol. The number of aromatic amines is 1. The normalized spacial score (nSPS) is 17.7. The number of ether oxygens (including phenoxy) is 1. The SMILES string of the molecule is O=C1Cc2ncc(-c3cnc4[nH]ccc4c3Cl)cc2N1CC1CCOCC1. The molecule has 138 valence electrons. The number of halogens is 1. The molecule has 1 amide bonds. The third kappa shape index (κ3) is 2.89. The van der Waals surface area contributed by atoms with Gasteiger partial charge in [0.05, 0.1) is 22.8 Å². The lowest BCUT2D eigenvalue weighted by atomic mass is 9.99. The maximum Gasteiger partial charge on any atom is 0.233 e. The molecule has 2 aliphatic rings. The van der Waals surface area contributed by atoms with Crippen LogP contribution in [0, 0.1) is 5.92 Å². The van der Waals surface area contributed by atoms with Gasteiger partial charge in [0.25, 0.3) is 0 Å². The van der Waals surface area contributed by atoms with Crippen molar-refractivity contribution < 1.29 is 9.53 Å². The number of pyridine rings is 2. The number of nitrogens with one attached hydrogen (secondary N) is 1. The van der Waals surface area contributed by atoms with E-state index in [0.29, 0.717) is 17.4 Å². The Hall–Kier alpha value is -2.44. The van der Waals surface area contributed by atoms with Gasteiger partial charge in [-0.25, -0.2) is 4.98 Å². The Morgan fingerprint density at radius 2 is 2.11 bits per heavy atom. The molecule has 0 bridgehead atoms. The fourth-order valence-corrected chi connectivity index (χ4v) is 4.25. The second kappa shape index (κ2) is 6.62. The number of amides is 1. The molecule has 0 aliphatic carbocycles. The van der Waals surface area contributed by atoms with E-state index in [2.05, 4.69) is 15.0 Å². The van der Waals surface area contributed by atoms with Gasteiger partial charge in [0, 0.05) is 54.9 Å². The molecule has 27 heavy (non-hydrogen) atoms. The second-order valence-corrected chi connectivity index (χ2v) is 7.53. The number of rotatable bonds is 3. The molecule has 1 saturated heterocycles. The van der Waals surface area contributed by atoms with Crippen molar-refractivity contribution in [1.29, 1.82) is 0 Å². The van der Waals surface area contributed by atoms with Gasteiger partial charge in [-0.2, -0.15) is 0 Å². The molecule has 7 heteroatoms. The smallest absolute Gasteiger partial charge is 0.233 e. The molecule has 6 nitrogen and oxygen atoms in total. The first kappa shape index (κ1) is 16.7. The number of carbonyl (C=O) groups excluding carboxylic acids is 1. The van der Waals surface area contributed by atoms with Crippen LogP contribution in [-0.4, -0.2) is 40.6 Å². The number of hydrogen-bond acceptors (Lipinski definition) is 4. The second-order valence-electron chi connectivity index (χ2n) is 7.15. The summed E-state index contributed by atoms with van der Waals surface area (Å²) in [6, 6.07) is 3.93. The summed E-state index contributed by atoms with van der Waals surface area (Å²) in [6.07, 6.45) is 7.71. The van der Waals surface area contributed by atoms with E-state index in [1.165, 1.54) is 0 Å². The lowest BCUT2D eigenvalue weighted by molar-refractivity contribution is -0.117. The zero-order valence-corrected chi connectivity index (χ0v) is 15.5. The molecule has 5 rings (SSSR count). The predicted molar refractivity (Wildman–Crippen MR) is 104 cm³/mol. The largest absolute Gasteiger partial charge is 0.381 e. The van der Waals surface area contributed by atoms with Gasteiger partial charge < -0.3 is 14.6 Å². The molecule has 0 spiro atoms. The van der Waals surface area contributed by atoms with Gasteiger partial charge in [0.2, 0.25) is 5.91 Å². The fraction of sp³-hybridized carbons (Fsp3) is 0.350. The number of nitrogens with zero attached hydrogens (tertiary/aromatic N) is 3. The molecule has 0 unspecified atom stereocenters. The van der Waals surface area contributed by atoms with Crippen LogP contribution in [0.1, 0.15) is 18.5 Å². The summed E-state index contributed by atoms with van der Waals surface area (Å²) in [5, 5.41) is 1.52. The number of hydrogen-bond donors (Lipinski definition) is 1. The van der Waals surface area contributed by atoms with Crippen LogP contribution in [0.4, 0.5) is 5.69 Å². The Kier molecular flexibility index (Phi) is 4.10. The summed E-state index contributed by atoms with van der Waals surface area (Å²) in [7, 11) is 0. The molecular weight excluding hydrogens is 364 g/mol.